The number of allylic oxidation sites excluding steroid dienone is 2. The van der Waals surface area contributed by atoms with Crippen LogP contribution in [-0.2, 0) is 16.1 Å². The third-order valence-electron chi connectivity index (χ3n) is 6.34. The van der Waals surface area contributed by atoms with Gasteiger partial charge in [-0.1, -0.05) is 54.1 Å². The standard InChI is InChI=1S/C29H23BrClNO4/c1-3-35-29(34)24-16(2)32-27-20-6-4-5-7-21(20)28(33)26(27)25(24)18-10-13-23(22(30)14-18)36-15-17-8-11-19(31)12-9-17/h4-14,25,32H,3,15H2,1-2H3/t25-/m0/s1. The van der Waals surface area contributed by atoms with Crippen LogP contribution in [-0.4, -0.2) is 18.4 Å². The maximum absolute atomic E-state index is 13.6. The Morgan fingerprint density at radius 3 is 2.47 bits per heavy atom. The van der Waals surface area contributed by atoms with Crippen molar-refractivity contribution >= 4 is 45.0 Å². The van der Waals surface area contributed by atoms with E-state index < -0.39 is 11.9 Å². The molecule has 5 rings (SSSR count). The number of fused-ring (bicyclic) bond motifs is 2. The summed E-state index contributed by atoms with van der Waals surface area (Å²) >= 11 is 9.59. The number of ether oxygens (including phenoxy) is 2. The van der Waals surface area contributed by atoms with E-state index in [-0.39, 0.29) is 12.4 Å². The summed E-state index contributed by atoms with van der Waals surface area (Å²) in [6.45, 7) is 4.22. The number of halogens is 2. The molecule has 7 heteroatoms. The van der Waals surface area contributed by atoms with Crippen LogP contribution in [0.15, 0.2) is 88.0 Å². The molecule has 0 fully saturated rings. The number of ketones is 1. The lowest BCUT2D eigenvalue weighted by Gasteiger charge is -2.29. The highest BCUT2D eigenvalue weighted by Gasteiger charge is 2.43. The second-order valence-corrected chi connectivity index (χ2v) is 9.88. The fourth-order valence-electron chi connectivity index (χ4n) is 4.70. The van der Waals surface area contributed by atoms with Crippen molar-refractivity contribution in [2.75, 3.05) is 6.61 Å². The van der Waals surface area contributed by atoms with E-state index in [0.717, 1.165) is 26.9 Å². The van der Waals surface area contributed by atoms with Crippen LogP contribution >= 0.6 is 27.5 Å². The number of benzene rings is 3. The number of dihydropyridines is 1. The highest BCUT2D eigenvalue weighted by atomic mass is 79.9. The highest BCUT2D eigenvalue weighted by Crippen LogP contribution is 2.47. The van der Waals surface area contributed by atoms with Gasteiger partial charge in [0.15, 0.2) is 5.78 Å². The van der Waals surface area contributed by atoms with Gasteiger partial charge in [-0.3, -0.25) is 4.79 Å². The second kappa shape index (κ2) is 9.96. The van der Waals surface area contributed by atoms with Gasteiger partial charge in [0.2, 0.25) is 0 Å². The molecule has 0 spiro atoms. The van der Waals surface area contributed by atoms with Gasteiger partial charge in [0.1, 0.15) is 12.4 Å². The molecule has 0 saturated carbocycles. The van der Waals surface area contributed by atoms with Crippen LogP contribution in [0.3, 0.4) is 0 Å². The lowest BCUT2D eigenvalue weighted by molar-refractivity contribution is -0.138. The van der Waals surface area contributed by atoms with Gasteiger partial charge in [-0.05, 0) is 65.2 Å². The fourth-order valence-corrected chi connectivity index (χ4v) is 5.33. The molecule has 0 radical (unpaired) electrons. The molecule has 5 nitrogen and oxygen atoms in total. The van der Waals surface area contributed by atoms with E-state index in [0.29, 0.717) is 39.8 Å². The zero-order valence-electron chi connectivity index (χ0n) is 19.7. The molecule has 0 amide bonds. The summed E-state index contributed by atoms with van der Waals surface area (Å²) in [5, 5.41) is 3.98. The number of nitrogens with one attached hydrogen (secondary N) is 1. The summed E-state index contributed by atoms with van der Waals surface area (Å²) in [6, 6.07) is 20.6. The van der Waals surface area contributed by atoms with Crippen molar-refractivity contribution in [2.45, 2.75) is 26.4 Å². The van der Waals surface area contributed by atoms with Gasteiger partial charge in [-0.15, -0.1) is 0 Å². The number of rotatable bonds is 6. The maximum Gasteiger partial charge on any atom is 0.336 e. The topological polar surface area (TPSA) is 64.6 Å². The molecule has 1 atom stereocenters. The highest BCUT2D eigenvalue weighted by molar-refractivity contribution is 9.10. The monoisotopic (exact) mass is 563 g/mol. The Labute approximate surface area is 222 Å². The zero-order valence-corrected chi connectivity index (χ0v) is 22.1. The molecule has 36 heavy (non-hydrogen) atoms. The number of esters is 1. The van der Waals surface area contributed by atoms with Gasteiger partial charge in [0, 0.05) is 33.3 Å². The first-order chi connectivity index (χ1) is 17.4. The first-order valence-corrected chi connectivity index (χ1v) is 12.8. The summed E-state index contributed by atoms with van der Waals surface area (Å²) in [7, 11) is 0. The minimum atomic E-state index is -0.582. The minimum absolute atomic E-state index is 0.0911. The first kappa shape index (κ1) is 24.3. The van der Waals surface area contributed by atoms with Crippen molar-refractivity contribution in [3.63, 3.8) is 0 Å². The normalized spacial score (nSPS) is 16.4. The Bertz CT molecular complexity index is 1440. The summed E-state index contributed by atoms with van der Waals surface area (Å²) in [4.78, 5) is 26.7. The van der Waals surface area contributed by atoms with Crippen molar-refractivity contribution in [2.24, 2.45) is 0 Å². The van der Waals surface area contributed by atoms with Crippen LogP contribution in [0.25, 0.3) is 5.70 Å². The average molecular weight is 565 g/mol. The molecule has 3 aromatic rings. The summed E-state index contributed by atoms with van der Waals surface area (Å²) in [6.07, 6.45) is 0. The van der Waals surface area contributed by atoms with Crippen LogP contribution in [0, 0.1) is 0 Å². The van der Waals surface area contributed by atoms with Crippen LogP contribution in [0.2, 0.25) is 5.02 Å². The van der Waals surface area contributed by atoms with E-state index in [1.807, 2.05) is 73.7 Å². The van der Waals surface area contributed by atoms with Gasteiger partial charge < -0.3 is 14.8 Å². The fraction of sp³-hybridized carbons (Fsp3) is 0.172. The molecule has 0 aromatic heterocycles. The van der Waals surface area contributed by atoms with Crippen molar-refractivity contribution in [1.82, 2.24) is 5.32 Å². The number of hydrogen-bond acceptors (Lipinski definition) is 5. The largest absolute Gasteiger partial charge is 0.488 e. The lowest BCUT2D eigenvalue weighted by Crippen LogP contribution is -2.29. The van der Waals surface area contributed by atoms with E-state index in [2.05, 4.69) is 21.2 Å². The minimum Gasteiger partial charge on any atom is -0.488 e. The average Bonchev–Trinajstić information content (AvgIpc) is 3.15. The first-order valence-electron chi connectivity index (χ1n) is 11.6. The van der Waals surface area contributed by atoms with Crippen LogP contribution in [0.1, 0.15) is 46.8 Å². The van der Waals surface area contributed by atoms with E-state index in [9.17, 15) is 9.59 Å². The second-order valence-electron chi connectivity index (χ2n) is 8.59. The Hall–Kier alpha value is -3.35. The van der Waals surface area contributed by atoms with Crippen LogP contribution in [0.4, 0.5) is 0 Å². The summed E-state index contributed by atoms with van der Waals surface area (Å²) in [5.41, 5.74) is 5.63. The molecule has 3 aromatic carbocycles. The van der Waals surface area contributed by atoms with E-state index >= 15 is 0 Å². The summed E-state index contributed by atoms with van der Waals surface area (Å²) < 4.78 is 12.1. The molecule has 1 aliphatic carbocycles. The molecule has 2 aliphatic rings. The van der Waals surface area contributed by atoms with Gasteiger partial charge >= 0.3 is 5.97 Å². The predicted octanol–water partition coefficient (Wildman–Crippen LogP) is 6.81. The number of carbonyl (C=O) groups is 2. The van der Waals surface area contributed by atoms with Crippen molar-refractivity contribution < 1.29 is 19.1 Å². The Morgan fingerprint density at radius 1 is 1.06 bits per heavy atom. The molecule has 1 heterocycles. The number of hydrogen-bond donors (Lipinski definition) is 1. The van der Waals surface area contributed by atoms with Crippen molar-refractivity contribution in [3.8, 4) is 5.75 Å². The van der Waals surface area contributed by atoms with E-state index in [4.69, 9.17) is 21.1 Å². The van der Waals surface area contributed by atoms with Gasteiger partial charge in [0.05, 0.1) is 22.3 Å². The SMILES string of the molecule is CCOC(=O)C1=C(C)NC2=C(C(=O)c3ccccc32)[C@H]1c1ccc(OCc2ccc(Cl)cc2)c(Br)c1. The third kappa shape index (κ3) is 4.36. The van der Waals surface area contributed by atoms with Crippen LogP contribution in [0.5, 0.6) is 5.75 Å². The quantitative estimate of drug-likeness (QED) is 0.333. The molecule has 1 N–H and O–H groups in total. The molecule has 182 valence electrons. The molecule has 0 unspecified atom stereocenters. The summed E-state index contributed by atoms with van der Waals surface area (Å²) in [5.74, 6) is -0.466. The van der Waals surface area contributed by atoms with Crippen LogP contribution < -0.4 is 10.1 Å². The van der Waals surface area contributed by atoms with Gasteiger partial charge in [-0.2, -0.15) is 0 Å². The third-order valence-corrected chi connectivity index (χ3v) is 7.21. The predicted molar refractivity (Wildman–Crippen MR) is 143 cm³/mol. The van der Waals surface area contributed by atoms with Crippen molar-refractivity contribution in [3.05, 3.63) is 115 Å². The van der Waals surface area contributed by atoms with E-state index in [1.165, 1.54) is 0 Å². The lowest BCUT2D eigenvalue weighted by atomic mass is 9.80. The smallest absolute Gasteiger partial charge is 0.336 e. The van der Waals surface area contributed by atoms with E-state index in [1.54, 1.807) is 6.92 Å². The Morgan fingerprint density at radius 2 is 1.78 bits per heavy atom. The maximum atomic E-state index is 13.6. The molecular formula is C29H23BrClNO4. The zero-order chi connectivity index (χ0) is 25.4. The van der Waals surface area contributed by atoms with Gasteiger partial charge in [-0.25, -0.2) is 4.79 Å². The molecule has 0 saturated heterocycles. The number of Topliss-reactive ketones (excluding diaryl/α,β-unsaturated/α-hetero) is 1. The molecule has 1 aliphatic heterocycles. The number of carbonyl (C=O) groups excluding carboxylic acids is 2. The van der Waals surface area contributed by atoms with Gasteiger partial charge in [0.25, 0.3) is 0 Å². The Balaban J connectivity index is 1.53. The Kier molecular flexibility index (Phi) is 6.73. The van der Waals surface area contributed by atoms with Crippen molar-refractivity contribution in [1.29, 1.82) is 0 Å². The molecular weight excluding hydrogens is 542 g/mol. The molecule has 0 bridgehead atoms.